The summed E-state index contributed by atoms with van der Waals surface area (Å²) in [6, 6.07) is 6.81. The Bertz CT molecular complexity index is 1110. The molecule has 2 heterocycles. The molecule has 36 heavy (non-hydrogen) atoms. The molecule has 2 aliphatic rings. The lowest BCUT2D eigenvalue weighted by Gasteiger charge is -2.33. The average Bonchev–Trinajstić information content (AvgIpc) is 3.44. The first-order valence-corrected chi connectivity index (χ1v) is 12.9. The summed E-state index contributed by atoms with van der Waals surface area (Å²) in [6.07, 6.45) is 7.87. The Morgan fingerprint density at radius 3 is 2.61 bits per heavy atom. The van der Waals surface area contributed by atoms with E-state index in [9.17, 15) is 14.4 Å². The number of likely N-dealkylation sites (tertiary alicyclic amines) is 1. The molecule has 0 bridgehead atoms. The molecule has 4 rings (SSSR count). The van der Waals surface area contributed by atoms with Crippen LogP contribution in [0.2, 0.25) is 0 Å². The lowest BCUT2D eigenvalue weighted by atomic mass is 9.69. The lowest BCUT2D eigenvalue weighted by molar-refractivity contribution is -0.140. The van der Waals surface area contributed by atoms with E-state index in [1.54, 1.807) is 16.6 Å². The van der Waals surface area contributed by atoms with Gasteiger partial charge in [-0.2, -0.15) is 0 Å². The Morgan fingerprint density at radius 2 is 1.86 bits per heavy atom. The number of unbranched alkanes of at least 4 members (excludes halogenated alkanes) is 3. The number of nitrogens with one attached hydrogen (secondary N) is 2. The number of fused-ring (bicyclic) bond motifs is 2. The maximum atomic E-state index is 13.7. The zero-order valence-electron chi connectivity index (χ0n) is 21.0. The Morgan fingerprint density at radius 1 is 1.08 bits per heavy atom. The molecule has 10 nitrogen and oxygen atoms in total. The number of benzene rings is 1. The molecule has 1 fully saturated rings. The predicted octanol–water partition coefficient (Wildman–Crippen LogP) is 1.46. The van der Waals surface area contributed by atoms with Gasteiger partial charge in [0, 0.05) is 26.1 Å². The van der Waals surface area contributed by atoms with Gasteiger partial charge in [0.15, 0.2) is 0 Å². The van der Waals surface area contributed by atoms with E-state index in [-0.39, 0.29) is 42.8 Å². The summed E-state index contributed by atoms with van der Waals surface area (Å²) in [4.78, 5) is 41.9. The SMILES string of the molecule is CC[C@@H]1C=C[C@H]2[C@@H](C(=O)N(CCCCCCO)[C@@H]2C(=O)NCn2nnc3ccccc32)[C@@H]1C(=O)NC. The molecular formula is C26H36N6O4. The summed E-state index contributed by atoms with van der Waals surface area (Å²) in [5.41, 5.74) is 1.54. The first kappa shape index (κ1) is 25.8. The number of para-hydroxylation sites is 1. The predicted molar refractivity (Wildman–Crippen MR) is 134 cm³/mol. The minimum absolute atomic E-state index is 0.0510. The molecular weight excluding hydrogens is 460 g/mol. The number of aliphatic hydroxyl groups is 1. The molecule has 1 aliphatic carbocycles. The number of nitrogens with zero attached hydrogens (tertiary/aromatic N) is 4. The van der Waals surface area contributed by atoms with Gasteiger partial charge in [-0.15, -0.1) is 5.10 Å². The summed E-state index contributed by atoms with van der Waals surface area (Å²) in [6.45, 7) is 2.72. The van der Waals surface area contributed by atoms with Gasteiger partial charge in [-0.05, 0) is 37.3 Å². The van der Waals surface area contributed by atoms with Crippen molar-refractivity contribution >= 4 is 28.8 Å². The van der Waals surface area contributed by atoms with Gasteiger partial charge in [0.25, 0.3) is 0 Å². The Kier molecular flexibility index (Phi) is 8.35. The number of hydrogen-bond acceptors (Lipinski definition) is 6. The number of aromatic nitrogens is 3. The molecule has 2 aromatic rings. The number of hydrogen-bond donors (Lipinski definition) is 3. The van der Waals surface area contributed by atoms with Gasteiger partial charge < -0.3 is 20.6 Å². The first-order valence-electron chi connectivity index (χ1n) is 12.9. The van der Waals surface area contributed by atoms with Crippen LogP contribution in [0.15, 0.2) is 36.4 Å². The van der Waals surface area contributed by atoms with Crippen LogP contribution in [0.4, 0.5) is 0 Å². The molecule has 10 heteroatoms. The average molecular weight is 497 g/mol. The quantitative estimate of drug-likeness (QED) is 0.319. The van der Waals surface area contributed by atoms with Crippen molar-refractivity contribution in [2.75, 3.05) is 20.2 Å². The van der Waals surface area contributed by atoms with Crippen molar-refractivity contribution in [3.63, 3.8) is 0 Å². The fraction of sp³-hybridized carbons (Fsp3) is 0.577. The summed E-state index contributed by atoms with van der Waals surface area (Å²) in [5, 5.41) is 23.0. The van der Waals surface area contributed by atoms with Gasteiger partial charge in [-0.25, -0.2) is 4.68 Å². The van der Waals surface area contributed by atoms with Gasteiger partial charge in [-0.3, -0.25) is 14.4 Å². The monoisotopic (exact) mass is 496 g/mol. The highest BCUT2D eigenvalue weighted by molar-refractivity contribution is 5.96. The second-order valence-corrected chi connectivity index (χ2v) is 9.59. The summed E-state index contributed by atoms with van der Waals surface area (Å²) < 4.78 is 1.62. The normalized spacial score (nSPS) is 25.2. The summed E-state index contributed by atoms with van der Waals surface area (Å²) in [7, 11) is 1.59. The fourth-order valence-corrected chi connectivity index (χ4v) is 5.69. The Balaban J connectivity index is 1.57. The fourth-order valence-electron chi connectivity index (χ4n) is 5.69. The Labute approximate surface area is 211 Å². The van der Waals surface area contributed by atoms with Crippen LogP contribution < -0.4 is 10.6 Å². The number of allylic oxidation sites excluding steroid dienone is 1. The number of amides is 3. The zero-order chi connectivity index (χ0) is 25.7. The van der Waals surface area contributed by atoms with E-state index in [4.69, 9.17) is 5.11 Å². The molecule has 0 spiro atoms. The molecule has 194 valence electrons. The molecule has 0 saturated carbocycles. The van der Waals surface area contributed by atoms with Crippen molar-refractivity contribution in [3.8, 4) is 0 Å². The minimum atomic E-state index is -0.698. The molecule has 1 aromatic heterocycles. The topological polar surface area (TPSA) is 129 Å². The molecule has 1 aliphatic heterocycles. The van der Waals surface area contributed by atoms with E-state index in [2.05, 4.69) is 20.9 Å². The second kappa shape index (κ2) is 11.6. The van der Waals surface area contributed by atoms with Crippen molar-refractivity contribution in [1.29, 1.82) is 0 Å². The lowest BCUT2D eigenvalue weighted by Crippen LogP contribution is -2.48. The van der Waals surface area contributed by atoms with Crippen molar-refractivity contribution in [1.82, 2.24) is 30.5 Å². The van der Waals surface area contributed by atoms with Crippen LogP contribution >= 0.6 is 0 Å². The standard InChI is InChI=1S/C26H36N6O4/c1-3-17-12-13-18-22(21(17)24(34)27-2)26(36)31(14-8-4-5-9-15-33)23(18)25(35)28-16-32-20-11-7-6-10-19(20)29-30-32/h6-7,10-13,17-18,21-23,33H,3-5,8-9,14-16H2,1-2H3,(H,27,34)(H,28,35)/t17-,18+,21-,22-,23+/m1/s1. The third-order valence-corrected chi connectivity index (χ3v) is 7.53. The van der Waals surface area contributed by atoms with E-state index in [0.717, 1.165) is 36.7 Å². The highest BCUT2D eigenvalue weighted by atomic mass is 16.3. The number of carbonyl (C=O) groups excluding carboxylic acids is 3. The van der Waals surface area contributed by atoms with Crippen LogP contribution in [-0.2, 0) is 21.1 Å². The van der Waals surface area contributed by atoms with Crippen LogP contribution in [0.3, 0.4) is 0 Å². The van der Waals surface area contributed by atoms with Crippen LogP contribution in [0, 0.1) is 23.7 Å². The third kappa shape index (κ3) is 5.00. The Hall–Kier alpha value is -3.27. The van der Waals surface area contributed by atoms with Crippen molar-refractivity contribution < 1.29 is 19.5 Å². The van der Waals surface area contributed by atoms with Crippen LogP contribution in [-0.4, -0.2) is 69.0 Å². The first-order chi connectivity index (χ1) is 17.5. The maximum Gasteiger partial charge on any atom is 0.244 e. The van der Waals surface area contributed by atoms with Gasteiger partial charge in [0.2, 0.25) is 17.7 Å². The highest BCUT2D eigenvalue weighted by Crippen LogP contribution is 2.45. The van der Waals surface area contributed by atoms with E-state index in [1.807, 2.05) is 43.3 Å². The summed E-state index contributed by atoms with van der Waals surface area (Å²) in [5.74, 6) is -2.06. The van der Waals surface area contributed by atoms with Crippen molar-refractivity contribution in [2.24, 2.45) is 23.7 Å². The smallest absolute Gasteiger partial charge is 0.244 e. The second-order valence-electron chi connectivity index (χ2n) is 9.59. The molecule has 1 aromatic carbocycles. The van der Waals surface area contributed by atoms with Crippen LogP contribution in [0.1, 0.15) is 39.0 Å². The largest absolute Gasteiger partial charge is 0.396 e. The van der Waals surface area contributed by atoms with Crippen molar-refractivity contribution in [3.05, 3.63) is 36.4 Å². The van der Waals surface area contributed by atoms with Gasteiger partial charge in [0.05, 0.1) is 17.4 Å². The zero-order valence-corrected chi connectivity index (χ0v) is 21.0. The van der Waals surface area contributed by atoms with Gasteiger partial charge in [0.1, 0.15) is 18.2 Å². The molecule has 5 atom stereocenters. The van der Waals surface area contributed by atoms with E-state index < -0.39 is 17.9 Å². The maximum absolute atomic E-state index is 13.7. The third-order valence-electron chi connectivity index (χ3n) is 7.53. The molecule has 3 N–H and O–H groups in total. The van der Waals surface area contributed by atoms with Crippen LogP contribution in [0.5, 0.6) is 0 Å². The van der Waals surface area contributed by atoms with Gasteiger partial charge >= 0.3 is 0 Å². The van der Waals surface area contributed by atoms with Crippen molar-refractivity contribution in [2.45, 2.75) is 51.7 Å². The number of aliphatic hydroxyl groups excluding tert-OH is 1. The highest BCUT2D eigenvalue weighted by Gasteiger charge is 2.56. The van der Waals surface area contributed by atoms with Crippen LogP contribution in [0.25, 0.3) is 11.0 Å². The van der Waals surface area contributed by atoms with Gasteiger partial charge in [-0.1, -0.05) is 49.3 Å². The van der Waals surface area contributed by atoms with E-state index >= 15 is 0 Å². The number of rotatable bonds is 11. The molecule has 3 amide bonds. The minimum Gasteiger partial charge on any atom is -0.396 e. The van der Waals surface area contributed by atoms with E-state index in [1.165, 1.54) is 0 Å². The molecule has 1 saturated heterocycles. The molecule has 0 unspecified atom stereocenters. The van der Waals surface area contributed by atoms with E-state index in [0.29, 0.717) is 13.0 Å². The molecule has 0 radical (unpaired) electrons. The number of carbonyl (C=O) groups is 3. The summed E-state index contributed by atoms with van der Waals surface area (Å²) >= 11 is 0.